The Morgan fingerprint density at radius 2 is 1.93 bits per heavy atom. The molecule has 152 valence electrons. The summed E-state index contributed by atoms with van der Waals surface area (Å²) in [5.74, 6) is 0.782. The van der Waals surface area contributed by atoms with Crippen molar-refractivity contribution in [3.63, 3.8) is 0 Å². The van der Waals surface area contributed by atoms with Crippen molar-refractivity contribution >= 4 is 23.1 Å². The molecule has 0 aliphatic heterocycles. The lowest BCUT2D eigenvalue weighted by atomic mass is 9.86. The van der Waals surface area contributed by atoms with E-state index in [-0.39, 0.29) is 6.03 Å². The van der Waals surface area contributed by atoms with Crippen LogP contribution in [0.15, 0.2) is 42.0 Å². The van der Waals surface area contributed by atoms with Crippen molar-refractivity contribution in [1.29, 1.82) is 0 Å². The van der Waals surface area contributed by atoms with E-state index >= 15 is 0 Å². The summed E-state index contributed by atoms with van der Waals surface area (Å²) < 4.78 is 0.507. The standard InChI is InChI=1S/C23H34N3OS/c1-3-25(21-12-15-24-16-13-21)23(27)26(4-2,19-22-11-8-18-28-22)17-14-20-9-6-5-7-10-20/h8,11-13,15-16,18,20H,3-7,9-10,14,17,19H2,1-2H3/q+1. The lowest BCUT2D eigenvalue weighted by molar-refractivity contribution is -0.861. The van der Waals surface area contributed by atoms with Gasteiger partial charge in [-0.15, -0.1) is 11.3 Å². The number of aromatic nitrogens is 1. The summed E-state index contributed by atoms with van der Waals surface area (Å²) in [6.07, 6.45) is 11.4. The third-order valence-corrected chi connectivity index (χ3v) is 7.12. The van der Waals surface area contributed by atoms with Crippen molar-refractivity contribution in [3.05, 3.63) is 46.9 Å². The Morgan fingerprint density at radius 3 is 2.54 bits per heavy atom. The Hall–Kier alpha value is -1.72. The van der Waals surface area contributed by atoms with E-state index in [1.54, 1.807) is 23.7 Å². The highest BCUT2D eigenvalue weighted by molar-refractivity contribution is 7.09. The van der Waals surface area contributed by atoms with Crippen LogP contribution in [-0.4, -0.2) is 35.1 Å². The third kappa shape index (κ3) is 5.00. The molecule has 1 aliphatic carbocycles. The molecule has 1 atom stereocenters. The van der Waals surface area contributed by atoms with Crippen LogP contribution < -0.4 is 4.90 Å². The van der Waals surface area contributed by atoms with Gasteiger partial charge in [0.2, 0.25) is 0 Å². The van der Waals surface area contributed by atoms with Gasteiger partial charge in [-0.05, 0) is 49.8 Å². The summed E-state index contributed by atoms with van der Waals surface area (Å²) in [6, 6.07) is 8.37. The van der Waals surface area contributed by atoms with Crippen LogP contribution in [0, 0.1) is 5.92 Å². The molecule has 1 unspecified atom stereocenters. The smallest absolute Gasteiger partial charge is 0.265 e. The summed E-state index contributed by atoms with van der Waals surface area (Å²) in [5, 5.41) is 2.12. The number of anilines is 1. The van der Waals surface area contributed by atoms with Crippen molar-refractivity contribution in [2.75, 3.05) is 24.5 Å². The molecule has 2 heterocycles. The number of carbonyl (C=O) groups excluding carboxylic acids is 1. The van der Waals surface area contributed by atoms with Crippen LogP contribution in [0.25, 0.3) is 0 Å². The predicted molar refractivity (Wildman–Crippen MR) is 118 cm³/mol. The number of pyridine rings is 1. The van der Waals surface area contributed by atoms with Gasteiger partial charge in [0.25, 0.3) is 0 Å². The number of amides is 2. The molecule has 2 amide bonds. The van der Waals surface area contributed by atoms with Gasteiger partial charge >= 0.3 is 6.03 Å². The number of hydrogen-bond donors (Lipinski definition) is 0. The second kappa shape index (κ2) is 10.2. The topological polar surface area (TPSA) is 33.2 Å². The first-order chi connectivity index (χ1) is 13.7. The summed E-state index contributed by atoms with van der Waals surface area (Å²) in [4.78, 5) is 21.3. The van der Waals surface area contributed by atoms with Gasteiger partial charge in [-0.1, -0.05) is 38.2 Å². The minimum Gasteiger partial charge on any atom is -0.265 e. The van der Waals surface area contributed by atoms with Crippen LogP contribution in [-0.2, 0) is 6.54 Å². The molecule has 2 aromatic heterocycles. The first-order valence-corrected chi connectivity index (χ1v) is 11.7. The number of urea groups is 1. The monoisotopic (exact) mass is 400 g/mol. The van der Waals surface area contributed by atoms with Crippen molar-refractivity contribution < 1.29 is 9.28 Å². The third-order valence-electron chi connectivity index (χ3n) is 6.26. The molecule has 5 heteroatoms. The number of thiophene rings is 1. The minimum absolute atomic E-state index is 0.223. The van der Waals surface area contributed by atoms with Gasteiger partial charge in [0.1, 0.15) is 6.54 Å². The minimum atomic E-state index is 0.223. The second-order valence-corrected chi connectivity index (χ2v) is 8.98. The largest absolute Gasteiger partial charge is 0.423 e. The lowest BCUT2D eigenvalue weighted by Gasteiger charge is -2.39. The fourth-order valence-electron chi connectivity index (χ4n) is 4.46. The highest BCUT2D eigenvalue weighted by Crippen LogP contribution is 2.30. The molecular weight excluding hydrogens is 366 g/mol. The summed E-state index contributed by atoms with van der Waals surface area (Å²) in [5.41, 5.74) is 0.947. The van der Waals surface area contributed by atoms with E-state index in [4.69, 9.17) is 0 Å². The molecule has 1 saturated carbocycles. The number of hydrogen-bond acceptors (Lipinski definition) is 3. The van der Waals surface area contributed by atoms with Gasteiger partial charge in [0.15, 0.2) is 0 Å². The zero-order valence-electron chi connectivity index (χ0n) is 17.3. The van der Waals surface area contributed by atoms with Gasteiger partial charge in [-0.25, -0.2) is 9.28 Å². The fraction of sp³-hybridized carbons (Fsp3) is 0.565. The number of quaternary nitrogens is 1. The van der Waals surface area contributed by atoms with Crippen LogP contribution in [0.4, 0.5) is 10.5 Å². The summed E-state index contributed by atoms with van der Waals surface area (Å²) in [6.45, 7) is 7.46. The molecule has 0 bridgehead atoms. The molecule has 0 radical (unpaired) electrons. The zero-order chi connectivity index (χ0) is 19.8. The van der Waals surface area contributed by atoms with Gasteiger partial charge in [0.05, 0.1) is 23.7 Å². The summed E-state index contributed by atoms with van der Waals surface area (Å²) in [7, 11) is 0. The number of carbonyl (C=O) groups is 1. The first kappa shape index (κ1) is 21.0. The van der Waals surface area contributed by atoms with E-state index in [0.717, 1.165) is 37.7 Å². The van der Waals surface area contributed by atoms with Crippen LogP contribution in [0.1, 0.15) is 57.2 Å². The van der Waals surface area contributed by atoms with Crippen molar-refractivity contribution in [2.24, 2.45) is 5.92 Å². The van der Waals surface area contributed by atoms with Crippen molar-refractivity contribution in [2.45, 2.75) is 58.9 Å². The molecule has 1 fully saturated rings. The first-order valence-electron chi connectivity index (χ1n) is 10.8. The molecule has 3 rings (SSSR count). The molecule has 1 aliphatic rings. The van der Waals surface area contributed by atoms with Crippen LogP contribution >= 0.6 is 11.3 Å². The van der Waals surface area contributed by atoms with Crippen LogP contribution in [0.2, 0.25) is 0 Å². The quantitative estimate of drug-likeness (QED) is 0.502. The van der Waals surface area contributed by atoms with Crippen molar-refractivity contribution in [1.82, 2.24) is 4.98 Å². The molecule has 0 spiro atoms. The highest BCUT2D eigenvalue weighted by atomic mass is 32.1. The molecule has 0 aromatic carbocycles. The Bertz CT molecular complexity index is 713. The van der Waals surface area contributed by atoms with Gasteiger partial charge in [-0.2, -0.15) is 0 Å². The average molecular weight is 401 g/mol. The van der Waals surface area contributed by atoms with E-state index in [2.05, 4.69) is 36.3 Å². The van der Waals surface area contributed by atoms with Gasteiger partial charge in [0, 0.05) is 18.9 Å². The highest BCUT2D eigenvalue weighted by Gasteiger charge is 2.40. The average Bonchev–Trinajstić information content (AvgIpc) is 3.26. The predicted octanol–water partition coefficient (Wildman–Crippen LogP) is 6.10. The van der Waals surface area contributed by atoms with Crippen LogP contribution in [0.3, 0.4) is 0 Å². The van der Waals surface area contributed by atoms with Gasteiger partial charge in [-0.3, -0.25) is 9.88 Å². The zero-order valence-corrected chi connectivity index (χ0v) is 18.2. The van der Waals surface area contributed by atoms with E-state index in [1.807, 2.05) is 17.0 Å². The van der Waals surface area contributed by atoms with E-state index in [0.29, 0.717) is 11.0 Å². The molecule has 4 nitrogen and oxygen atoms in total. The molecule has 28 heavy (non-hydrogen) atoms. The van der Waals surface area contributed by atoms with E-state index in [1.165, 1.54) is 37.0 Å². The Labute approximate surface area is 173 Å². The van der Waals surface area contributed by atoms with Crippen molar-refractivity contribution in [3.8, 4) is 0 Å². The number of rotatable bonds is 8. The molecule has 0 N–H and O–H groups in total. The molecule has 2 aromatic rings. The second-order valence-electron chi connectivity index (χ2n) is 7.95. The van der Waals surface area contributed by atoms with Crippen LogP contribution in [0.5, 0.6) is 0 Å². The molecular formula is C23H34N3OS+. The van der Waals surface area contributed by atoms with E-state index in [9.17, 15) is 4.79 Å². The SMILES string of the molecule is CCN(C(=O)[N+](CC)(CCC1CCCCC1)Cc1cccs1)c1ccncc1. The summed E-state index contributed by atoms with van der Waals surface area (Å²) >= 11 is 1.76. The van der Waals surface area contributed by atoms with Gasteiger partial charge < -0.3 is 0 Å². The molecule has 0 saturated heterocycles. The Balaban J connectivity index is 1.85. The lowest BCUT2D eigenvalue weighted by Crippen LogP contribution is -2.58. The maximum Gasteiger partial charge on any atom is 0.423 e. The maximum atomic E-state index is 13.9. The van der Waals surface area contributed by atoms with E-state index < -0.39 is 0 Å². The Kier molecular flexibility index (Phi) is 7.63. The Morgan fingerprint density at radius 1 is 1.18 bits per heavy atom. The normalized spacial score (nSPS) is 17.2. The number of nitrogens with zero attached hydrogens (tertiary/aromatic N) is 3. The maximum absolute atomic E-state index is 13.9. The fourth-order valence-corrected chi connectivity index (χ4v) is 5.27.